The van der Waals surface area contributed by atoms with Crippen LogP contribution in [0.4, 0.5) is 10.5 Å². The summed E-state index contributed by atoms with van der Waals surface area (Å²) >= 11 is 3.37. The summed E-state index contributed by atoms with van der Waals surface area (Å²) in [7, 11) is 0. The highest BCUT2D eigenvalue weighted by Gasteiger charge is 2.50. The van der Waals surface area contributed by atoms with Crippen molar-refractivity contribution < 1.29 is 9.59 Å². The molecule has 3 amide bonds. The molecule has 0 radical (unpaired) electrons. The summed E-state index contributed by atoms with van der Waals surface area (Å²) in [5.74, 6) is -0.299. The van der Waals surface area contributed by atoms with E-state index in [0.29, 0.717) is 11.4 Å². The van der Waals surface area contributed by atoms with E-state index in [4.69, 9.17) is 0 Å². The van der Waals surface area contributed by atoms with Gasteiger partial charge in [0.1, 0.15) is 0 Å². The number of fused-ring (bicyclic) bond motifs is 1. The van der Waals surface area contributed by atoms with Gasteiger partial charge in [-0.1, -0.05) is 28.9 Å². The van der Waals surface area contributed by atoms with E-state index in [1.807, 2.05) is 12.1 Å². The Labute approximate surface area is 159 Å². The summed E-state index contributed by atoms with van der Waals surface area (Å²) < 4.78 is 0.887. The standard InChI is InChI=1S/C20H18BrN3O2/c1-3-12-4-9-16-13(10-12)11-17(22-16)20(2)18(25)24(19(26)23-20)15-7-5-14(21)6-8-15/h4-11,22H,3H2,1-2H3,(H,23,26). The lowest BCUT2D eigenvalue weighted by Gasteiger charge is -2.20. The van der Waals surface area contributed by atoms with Crippen LogP contribution in [0.5, 0.6) is 0 Å². The number of rotatable bonds is 3. The minimum atomic E-state index is -1.13. The molecule has 1 aliphatic rings. The highest BCUT2D eigenvalue weighted by Crippen LogP contribution is 2.34. The smallest absolute Gasteiger partial charge is 0.329 e. The van der Waals surface area contributed by atoms with E-state index < -0.39 is 11.6 Å². The fourth-order valence-electron chi connectivity index (χ4n) is 3.32. The van der Waals surface area contributed by atoms with Crippen LogP contribution in [-0.2, 0) is 16.8 Å². The molecule has 1 fully saturated rings. The van der Waals surface area contributed by atoms with Gasteiger partial charge in [-0.05, 0) is 61.4 Å². The minimum absolute atomic E-state index is 0.299. The van der Waals surface area contributed by atoms with Crippen LogP contribution in [0.25, 0.3) is 10.9 Å². The fraction of sp³-hybridized carbons (Fsp3) is 0.200. The third-order valence-electron chi connectivity index (χ3n) is 4.91. The van der Waals surface area contributed by atoms with Gasteiger partial charge in [-0.2, -0.15) is 0 Å². The molecule has 1 unspecified atom stereocenters. The number of carbonyl (C=O) groups is 2. The van der Waals surface area contributed by atoms with Crippen LogP contribution in [-0.4, -0.2) is 16.9 Å². The van der Waals surface area contributed by atoms with Crippen molar-refractivity contribution >= 4 is 44.5 Å². The molecular weight excluding hydrogens is 394 g/mol. The SMILES string of the molecule is CCc1ccc2[nH]c(C3(C)NC(=O)N(c4ccc(Br)cc4)C3=O)cc2c1. The third kappa shape index (κ3) is 2.52. The third-order valence-corrected chi connectivity index (χ3v) is 5.44. The molecule has 1 atom stereocenters. The Hall–Kier alpha value is -2.60. The molecule has 26 heavy (non-hydrogen) atoms. The molecule has 132 valence electrons. The molecule has 1 saturated heterocycles. The first-order chi connectivity index (χ1) is 12.4. The predicted molar refractivity (Wildman–Crippen MR) is 105 cm³/mol. The zero-order valence-electron chi connectivity index (χ0n) is 14.5. The number of hydrogen-bond donors (Lipinski definition) is 2. The van der Waals surface area contributed by atoms with E-state index in [-0.39, 0.29) is 5.91 Å². The van der Waals surface area contributed by atoms with Crippen molar-refractivity contribution in [2.45, 2.75) is 25.8 Å². The molecule has 0 bridgehead atoms. The number of carbonyl (C=O) groups excluding carboxylic acids is 2. The lowest BCUT2D eigenvalue weighted by Crippen LogP contribution is -2.41. The van der Waals surface area contributed by atoms with Crippen molar-refractivity contribution in [2.75, 3.05) is 4.90 Å². The second kappa shape index (κ2) is 5.99. The van der Waals surface area contributed by atoms with Crippen molar-refractivity contribution in [1.82, 2.24) is 10.3 Å². The molecule has 2 heterocycles. The van der Waals surface area contributed by atoms with E-state index in [1.54, 1.807) is 31.2 Å². The Kier molecular flexibility index (Phi) is 3.88. The zero-order valence-corrected chi connectivity index (χ0v) is 16.1. The van der Waals surface area contributed by atoms with Gasteiger partial charge in [0.2, 0.25) is 0 Å². The van der Waals surface area contributed by atoms with Gasteiger partial charge in [-0.3, -0.25) is 4.79 Å². The topological polar surface area (TPSA) is 65.2 Å². The van der Waals surface area contributed by atoms with E-state index >= 15 is 0 Å². The van der Waals surface area contributed by atoms with Crippen LogP contribution in [0.3, 0.4) is 0 Å². The number of nitrogens with one attached hydrogen (secondary N) is 2. The van der Waals surface area contributed by atoms with E-state index in [1.165, 1.54) is 10.5 Å². The summed E-state index contributed by atoms with van der Waals surface area (Å²) in [6.45, 7) is 3.84. The maximum Gasteiger partial charge on any atom is 0.329 e. The number of hydrogen-bond acceptors (Lipinski definition) is 2. The number of halogens is 1. The van der Waals surface area contributed by atoms with Crippen molar-refractivity contribution in [3.8, 4) is 0 Å². The molecule has 4 rings (SSSR count). The number of urea groups is 1. The highest BCUT2D eigenvalue weighted by molar-refractivity contribution is 9.10. The largest absolute Gasteiger partial charge is 0.356 e. The van der Waals surface area contributed by atoms with E-state index in [9.17, 15) is 9.59 Å². The van der Waals surface area contributed by atoms with Gasteiger partial charge in [-0.15, -0.1) is 0 Å². The summed E-state index contributed by atoms with van der Waals surface area (Å²) in [4.78, 5) is 30.2. The van der Waals surface area contributed by atoms with Crippen molar-refractivity contribution in [2.24, 2.45) is 0 Å². The van der Waals surface area contributed by atoms with Gasteiger partial charge < -0.3 is 10.3 Å². The van der Waals surface area contributed by atoms with E-state index in [0.717, 1.165) is 21.8 Å². The zero-order chi connectivity index (χ0) is 18.5. The number of benzene rings is 2. The molecule has 6 heteroatoms. The Morgan fingerprint density at radius 3 is 2.50 bits per heavy atom. The first-order valence-corrected chi connectivity index (χ1v) is 9.26. The molecule has 1 aliphatic heterocycles. The van der Waals surface area contributed by atoms with Gasteiger partial charge >= 0.3 is 6.03 Å². The maximum absolute atomic E-state index is 13.1. The molecule has 2 N–H and O–H groups in total. The lowest BCUT2D eigenvalue weighted by atomic mass is 9.97. The molecule has 1 aromatic heterocycles. The summed E-state index contributed by atoms with van der Waals surface area (Å²) in [6, 6.07) is 14.8. The minimum Gasteiger partial charge on any atom is -0.356 e. The van der Waals surface area contributed by atoms with Gasteiger partial charge in [0.05, 0.1) is 11.4 Å². The fourth-order valence-corrected chi connectivity index (χ4v) is 3.58. The molecule has 0 spiro atoms. The van der Waals surface area contributed by atoms with Crippen LogP contribution >= 0.6 is 15.9 Å². The van der Waals surface area contributed by atoms with Crippen LogP contribution in [0.1, 0.15) is 25.1 Å². The van der Waals surface area contributed by atoms with Crippen LogP contribution < -0.4 is 10.2 Å². The van der Waals surface area contributed by atoms with Gasteiger partial charge in [0.25, 0.3) is 5.91 Å². The predicted octanol–water partition coefficient (Wildman–Crippen LogP) is 4.46. The molecule has 2 aromatic carbocycles. The van der Waals surface area contributed by atoms with Gasteiger partial charge in [-0.25, -0.2) is 9.69 Å². The summed E-state index contributed by atoms with van der Waals surface area (Å²) in [5.41, 5.74) is 2.27. The number of aromatic amines is 1. The Balaban J connectivity index is 1.75. The first kappa shape index (κ1) is 16.8. The monoisotopic (exact) mass is 411 g/mol. The number of aryl methyl sites for hydroxylation is 1. The molecule has 0 aliphatic carbocycles. The number of imide groups is 1. The average molecular weight is 412 g/mol. The number of anilines is 1. The van der Waals surface area contributed by atoms with Crippen molar-refractivity contribution in [3.05, 3.63) is 64.3 Å². The number of nitrogens with zero attached hydrogens (tertiary/aromatic N) is 1. The van der Waals surface area contributed by atoms with E-state index in [2.05, 4.69) is 45.3 Å². The highest BCUT2D eigenvalue weighted by atomic mass is 79.9. The Morgan fingerprint density at radius 1 is 1.08 bits per heavy atom. The van der Waals surface area contributed by atoms with Crippen LogP contribution in [0.2, 0.25) is 0 Å². The molecular formula is C20H18BrN3O2. The summed E-state index contributed by atoms with van der Waals surface area (Å²) in [5, 5.41) is 3.88. The first-order valence-electron chi connectivity index (χ1n) is 8.47. The summed E-state index contributed by atoms with van der Waals surface area (Å²) in [6.07, 6.45) is 0.945. The number of H-pyrrole nitrogens is 1. The molecule has 5 nitrogen and oxygen atoms in total. The number of aromatic nitrogens is 1. The maximum atomic E-state index is 13.1. The second-order valence-corrected chi connectivity index (χ2v) is 7.55. The molecule has 0 saturated carbocycles. The van der Waals surface area contributed by atoms with Gasteiger partial charge in [0, 0.05) is 15.4 Å². The van der Waals surface area contributed by atoms with Crippen LogP contribution in [0, 0.1) is 0 Å². The van der Waals surface area contributed by atoms with Crippen molar-refractivity contribution in [3.63, 3.8) is 0 Å². The Bertz CT molecular complexity index is 1030. The van der Waals surface area contributed by atoms with Gasteiger partial charge in [0.15, 0.2) is 5.54 Å². The average Bonchev–Trinajstić information content (AvgIpc) is 3.15. The Morgan fingerprint density at radius 2 is 1.81 bits per heavy atom. The number of amides is 3. The second-order valence-electron chi connectivity index (χ2n) is 6.63. The van der Waals surface area contributed by atoms with Crippen LogP contribution in [0.15, 0.2) is 53.0 Å². The molecule has 3 aromatic rings. The van der Waals surface area contributed by atoms with Crippen molar-refractivity contribution in [1.29, 1.82) is 0 Å². The quantitative estimate of drug-likeness (QED) is 0.624. The lowest BCUT2D eigenvalue weighted by molar-refractivity contribution is -0.121. The normalized spacial score (nSPS) is 20.0.